The lowest BCUT2D eigenvalue weighted by atomic mass is 9.70. The van der Waals surface area contributed by atoms with Gasteiger partial charge in [-0.3, -0.25) is 5.32 Å². The van der Waals surface area contributed by atoms with E-state index in [4.69, 9.17) is 28.4 Å². The van der Waals surface area contributed by atoms with Gasteiger partial charge in [-0.25, -0.2) is 23.2 Å². The number of benzene rings is 1. The molecule has 4 aliphatic carbocycles. The van der Waals surface area contributed by atoms with E-state index in [1.165, 1.54) is 43.3 Å². The lowest BCUT2D eigenvalue weighted by molar-refractivity contribution is -0.188. The zero-order valence-electron chi connectivity index (χ0n) is 27.4. The predicted octanol–water partition coefficient (Wildman–Crippen LogP) is 5.54. The minimum absolute atomic E-state index is 0.000360. The number of rotatable bonds is 15. The Kier molecular flexibility index (Phi) is 9.88. The largest absolute Gasteiger partial charge is 0.511 e. The quantitative estimate of drug-likeness (QED) is 0.0844. The maximum atomic E-state index is 16.5. The van der Waals surface area contributed by atoms with E-state index in [0.717, 1.165) is 19.3 Å². The molecule has 10 nitrogen and oxygen atoms in total. The van der Waals surface area contributed by atoms with Gasteiger partial charge in [0.25, 0.3) is 0 Å². The van der Waals surface area contributed by atoms with E-state index < -0.39 is 59.3 Å². The Morgan fingerprint density at radius 2 is 1.72 bits per heavy atom. The number of ether oxygens (including phenoxy) is 6. The number of esters is 2. The first kappa shape index (κ1) is 35.0. The minimum atomic E-state index is -2.53. The maximum Gasteiger partial charge on any atom is 0.511 e. The van der Waals surface area contributed by atoms with Gasteiger partial charge in [-0.2, -0.15) is 0 Å². The lowest BCUT2D eigenvalue weighted by Crippen LogP contribution is -2.64. The molecule has 4 aliphatic rings. The second kappa shape index (κ2) is 13.3. The van der Waals surface area contributed by atoms with Crippen LogP contribution in [0.5, 0.6) is 0 Å². The standard InChI is InChI=1S/C35H45F2NO9/c1-7-15-42-20-38-35(30(40)45-21(3)46-31(41)47-26-17-23-13-14-33(26,6)32(23,4)5)27(44-19-22-9-11-24(36)12-10-22)18-25-28(35)34(25,37)29(39)43-16-8-2/h7-12,21,23,25-28,38H,1-2,13-20H2,3-6H3/t21?,23-,25-,26+,27-,28+,33+,34-,35+/m1/s1. The highest BCUT2D eigenvalue weighted by molar-refractivity contribution is 5.92. The molecule has 9 atom stereocenters. The summed E-state index contributed by atoms with van der Waals surface area (Å²) in [6, 6.07) is 5.59. The van der Waals surface area contributed by atoms with E-state index in [9.17, 15) is 18.8 Å². The van der Waals surface area contributed by atoms with Crippen LogP contribution in [-0.4, -0.2) is 67.7 Å². The topological polar surface area (TPSA) is 119 Å². The maximum absolute atomic E-state index is 16.5. The van der Waals surface area contributed by atoms with Crippen molar-refractivity contribution in [2.45, 2.75) is 89.7 Å². The summed E-state index contributed by atoms with van der Waals surface area (Å²) >= 11 is 0. The highest BCUT2D eigenvalue weighted by atomic mass is 19.1. The van der Waals surface area contributed by atoms with Crippen LogP contribution in [0.15, 0.2) is 49.6 Å². The summed E-state index contributed by atoms with van der Waals surface area (Å²) in [5, 5.41) is 2.96. The molecule has 1 N–H and O–H groups in total. The average Bonchev–Trinajstić information content (AvgIpc) is 3.25. The molecule has 0 aromatic heterocycles. The molecular formula is C35H45F2NO9. The molecule has 0 amide bonds. The Balaban J connectivity index is 1.35. The SMILES string of the molecule is C=CCOCN[C@@]1(C(=O)OC(C)OC(=O)O[C@H]2C[C@H]3CC[C@]2(C)C3(C)C)[C@H](OCc2ccc(F)cc2)C[C@@H]2[C@H]1[C@@]2(F)C(=O)OCC=C. The number of nitrogens with one attached hydrogen (secondary N) is 1. The number of halogens is 2. The number of hydrogen-bond acceptors (Lipinski definition) is 10. The van der Waals surface area contributed by atoms with Gasteiger partial charge < -0.3 is 28.4 Å². The Bertz CT molecular complexity index is 1370. The molecule has 1 unspecified atom stereocenters. The average molecular weight is 662 g/mol. The van der Waals surface area contributed by atoms with Gasteiger partial charge in [-0.05, 0) is 54.7 Å². The van der Waals surface area contributed by atoms with E-state index >= 15 is 4.39 Å². The van der Waals surface area contributed by atoms with Gasteiger partial charge in [0.1, 0.15) is 18.5 Å². The molecule has 0 radical (unpaired) electrons. The smallest absolute Gasteiger partial charge is 0.459 e. The zero-order valence-corrected chi connectivity index (χ0v) is 27.4. The fourth-order valence-corrected chi connectivity index (χ4v) is 8.23. The molecule has 0 aliphatic heterocycles. The van der Waals surface area contributed by atoms with Crippen LogP contribution in [0.25, 0.3) is 0 Å². The first-order valence-electron chi connectivity index (χ1n) is 16.1. The summed E-state index contributed by atoms with van der Waals surface area (Å²) in [6.45, 7) is 14.5. The molecule has 12 heteroatoms. The van der Waals surface area contributed by atoms with Gasteiger partial charge in [0.15, 0.2) is 5.54 Å². The van der Waals surface area contributed by atoms with Crippen molar-refractivity contribution in [1.29, 1.82) is 0 Å². The van der Waals surface area contributed by atoms with Crippen LogP contribution < -0.4 is 5.32 Å². The van der Waals surface area contributed by atoms with Crippen LogP contribution in [0.4, 0.5) is 13.6 Å². The van der Waals surface area contributed by atoms with Gasteiger partial charge in [-0.1, -0.05) is 51.6 Å². The highest BCUT2D eigenvalue weighted by Crippen LogP contribution is 2.69. The summed E-state index contributed by atoms with van der Waals surface area (Å²) in [4.78, 5) is 40.0. The van der Waals surface area contributed by atoms with Gasteiger partial charge in [0, 0.05) is 24.2 Å². The number of carbonyl (C=O) groups is 3. The van der Waals surface area contributed by atoms with Crippen molar-refractivity contribution in [1.82, 2.24) is 5.32 Å². The van der Waals surface area contributed by atoms with Crippen molar-refractivity contribution in [3.05, 3.63) is 61.0 Å². The summed E-state index contributed by atoms with van der Waals surface area (Å²) in [6.07, 6.45) is 1.70. The zero-order chi connectivity index (χ0) is 34.2. The normalized spacial score (nSPS) is 35.0. The Morgan fingerprint density at radius 1 is 1.02 bits per heavy atom. The predicted molar refractivity (Wildman–Crippen MR) is 165 cm³/mol. The molecule has 0 heterocycles. The van der Waals surface area contributed by atoms with Crippen LogP contribution in [0, 0.1) is 34.4 Å². The third-order valence-electron chi connectivity index (χ3n) is 11.3. The van der Waals surface area contributed by atoms with E-state index in [0.29, 0.717) is 11.5 Å². The van der Waals surface area contributed by atoms with Crippen molar-refractivity contribution in [2.24, 2.45) is 28.6 Å². The second-order valence-electron chi connectivity index (χ2n) is 13.8. The van der Waals surface area contributed by atoms with Gasteiger partial charge in [-0.15, -0.1) is 6.58 Å². The highest BCUT2D eigenvalue weighted by Gasteiger charge is 2.86. The fraction of sp³-hybridized carbons (Fsp3) is 0.629. The van der Waals surface area contributed by atoms with Crippen LogP contribution >= 0.6 is 0 Å². The number of carbonyl (C=O) groups excluding carboxylic acids is 3. The van der Waals surface area contributed by atoms with Crippen molar-refractivity contribution < 1.29 is 51.6 Å². The Morgan fingerprint density at radius 3 is 2.34 bits per heavy atom. The van der Waals surface area contributed by atoms with Gasteiger partial charge in [0.05, 0.1) is 26.0 Å². The molecule has 4 fully saturated rings. The monoisotopic (exact) mass is 661 g/mol. The molecule has 47 heavy (non-hydrogen) atoms. The number of hydrogen-bond donors (Lipinski definition) is 1. The van der Waals surface area contributed by atoms with E-state index in [2.05, 4.69) is 39.2 Å². The van der Waals surface area contributed by atoms with Crippen LogP contribution in [-0.2, 0) is 44.6 Å². The molecule has 1 aromatic carbocycles. The third kappa shape index (κ3) is 6.08. The van der Waals surface area contributed by atoms with Gasteiger partial charge >= 0.3 is 18.1 Å². The van der Waals surface area contributed by atoms with E-state index in [1.807, 2.05) is 0 Å². The van der Waals surface area contributed by atoms with Crippen LogP contribution in [0.2, 0.25) is 0 Å². The summed E-state index contributed by atoms with van der Waals surface area (Å²) in [7, 11) is 0. The van der Waals surface area contributed by atoms with Crippen molar-refractivity contribution >= 4 is 18.1 Å². The molecule has 258 valence electrons. The number of alkyl halides is 1. The lowest BCUT2D eigenvalue weighted by Gasteiger charge is -2.39. The Labute approximate surface area is 274 Å². The molecule has 1 aromatic rings. The molecule has 5 rings (SSSR count). The molecule has 4 saturated carbocycles. The van der Waals surface area contributed by atoms with Gasteiger partial charge in [0.2, 0.25) is 12.0 Å². The van der Waals surface area contributed by atoms with Crippen LogP contribution in [0.3, 0.4) is 0 Å². The van der Waals surface area contributed by atoms with Crippen molar-refractivity contribution in [2.75, 3.05) is 19.9 Å². The number of fused-ring (bicyclic) bond motifs is 3. The summed E-state index contributed by atoms with van der Waals surface area (Å²) < 4.78 is 63.5. The first-order chi connectivity index (χ1) is 22.2. The first-order valence-corrected chi connectivity index (χ1v) is 16.1. The third-order valence-corrected chi connectivity index (χ3v) is 11.3. The molecule has 2 bridgehead atoms. The summed E-state index contributed by atoms with van der Waals surface area (Å²) in [5.74, 6) is -4.37. The van der Waals surface area contributed by atoms with E-state index in [-0.39, 0.29) is 49.9 Å². The van der Waals surface area contributed by atoms with Crippen molar-refractivity contribution in [3.8, 4) is 0 Å². The molecule has 0 saturated heterocycles. The second-order valence-corrected chi connectivity index (χ2v) is 13.8. The molecule has 0 spiro atoms. The van der Waals surface area contributed by atoms with Crippen LogP contribution in [0.1, 0.15) is 58.9 Å². The Hall–Kier alpha value is -3.35. The van der Waals surface area contributed by atoms with E-state index in [1.54, 1.807) is 0 Å². The fourth-order valence-electron chi connectivity index (χ4n) is 8.23. The summed E-state index contributed by atoms with van der Waals surface area (Å²) in [5.41, 5.74) is -4.10. The minimum Gasteiger partial charge on any atom is -0.459 e. The van der Waals surface area contributed by atoms with Crippen molar-refractivity contribution in [3.63, 3.8) is 0 Å². The molecular weight excluding hydrogens is 616 g/mol.